The molecule has 3 aliphatic rings. The fourth-order valence-electron chi connectivity index (χ4n) is 8.83. The summed E-state index contributed by atoms with van der Waals surface area (Å²) in [5.41, 5.74) is 15.1. The smallest absolute Gasteiger partial charge is 0.256 e. The molecule has 3 aliphatic heterocycles. The number of aryl methyl sites for hydroxylation is 1. The standard InChI is InChI=1S/C46H43BN2O/c1-30-26-41-44-43(27-30)50-42-28-31(36-29-46(5,6)49(34-14-8-7-9-15-34)39-18-12-10-16-35(36)39)20-25-38(42)47(44)37-17-11-13-19-40(37)48(41)33-23-21-32(22-24-33)45(2,3)4/h7-28,36H,29H2,1-6H3. The van der Waals surface area contributed by atoms with Crippen LogP contribution in [-0.2, 0) is 5.41 Å². The lowest BCUT2D eigenvalue weighted by molar-refractivity contribution is 0.418. The van der Waals surface area contributed by atoms with Crippen LogP contribution in [0.3, 0.4) is 0 Å². The maximum absolute atomic E-state index is 6.99. The van der Waals surface area contributed by atoms with Crippen LogP contribution in [0.5, 0.6) is 11.5 Å². The van der Waals surface area contributed by atoms with Crippen LogP contribution in [0.25, 0.3) is 0 Å². The predicted octanol–water partition coefficient (Wildman–Crippen LogP) is 10.1. The maximum Gasteiger partial charge on any atom is 0.256 e. The van der Waals surface area contributed by atoms with Gasteiger partial charge in [0.25, 0.3) is 6.71 Å². The Morgan fingerprint density at radius 3 is 2.12 bits per heavy atom. The first-order valence-corrected chi connectivity index (χ1v) is 18.0. The largest absolute Gasteiger partial charge is 0.458 e. The summed E-state index contributed by atoms with van der Waals surface area (Å²) in [5, 5.41) is 0. The van der Waals surface area contributed by atoms with Crippen molar-refractivity contribution in [3.8, 4) is 11.5 Å². The predicted molar refractivity (Wildman–Crippen MR) is 211 cm³/mol. The van der Waals surface area contributed by atoms with E-state index in [0.717, 1.165) is 17.9 Å². The molecular weight excluding hydrogens is 607 g/mol. The summed E-state index contributed by atoms with van der Waals surface area (Å²) < 4.78 is 6.99. The maximum atomic E-state index is 6.99. The Hall–Kier alpha value is -5.22. The molecule has 3 nitrogen and oxygen atoms in total. The fourth-order valence-corrected chi connectivity index (χ4v) is 8.83. The summed E-state index contributed by atoms with van der Waals surface area (Å²) in [4.78, 5) is 4.96. The van der Waals surface area contributed by atoms with Gasteiger partial charge in [0.2, 0.25) is 0 Å². The van der Waals surface area contributed by atoms with Crippen LogP contribution in [0.1, 0.15) is 69.2 Å². The fraction of sp³-hybridized carbons (Fsp3) is 0.217. The molecule has 0 saturated heterocycles. The van der Waals surface area contributed by atoms with E-state index < -0.39 is 0 Å². The highest BCUT2D eigenvalue weighted by atomic mass is 16.5. The number of fused-ring (bicyclic) bond motifs is 5. The van der Waals surface area contributed by atoms with Gasteiger partial charge in [0.05, 0.1) is 0 Å². The molecule has 0 aliphatic carbocycles. The van der Waals surface area contributed by atoms with Crippen LogP contribution in [-0.4, -0.2) is 12.3 Å². The number of hydrogen-bond acceptors (Lipinski definition) is 3. The Kier molecular flexibility index (Phi) is 6.87. The van der Waals surface area contributed by atoms with E-state index in [1.807, 2.05) is 0 Å². The molecule has 246 valence electrons. The van der Waals surface area contributed by atoms with Crippen molar-refractivity contribution >= 4 is 51.5 Å². The molecule has 0 aromatic heterocycles. The highest BCUT2D eigenvalue weighted by Crippen LogP contribution is 2.50. The summed E-state index contributed by atoms with van der Waals surface area (Å²) in [6.07, 6.45) is 0.993. The van der Waals surface area contributed by atoms with E-state index in [-0.39, 0.29) is 23.6 Å². The van der Waals surface area contributed by atoms with Crippen LogP contribution in [0.15, 0.2) is 133 Å². The molecule has 0 spiro atoms. The monoisotopic (exact) mass is 650 g/mol. The van der Waals surface area contributed by atoms with Crippen LogP contribution in [0, 0.1) is 6.92 Å². The van der Waals surface area contributed by atoms with E-state index in [9.17, 15) is 0 Å². The molecule has 3 heterocycles. The number of rotatable bonds is 3. The summed E-state index contributed by atoms with van der Waals surface area (Å²) in [5.74, 6) is 2.17. The van der Waals surface area contributed by atoms with Gasteiger partial charge in [-0.05, 0) is 126 Å². The quantitative estimate of drug-likeness (QED) is 0.177. The Morgan fingerprint density at radius 1 is 0.660 bits per heavy atom. The van der Waals surface area contributed by atoms with Gasteiger partial charge in [0, 0.05) is 39.9 Å². The zero-order chi connectivity index (χ0) is 34.4. The second kappa shape index (κ2) is 11.1. The SMILES string of the molecule is Cc1cc2c3c(c1)N(c1ccc(C(C)(C)C)cc1)c1ccccc1B3c1ccc(C3CC(C)(C)N(c4ccccc4)c4ccccc43)cc1O2. The number of benzene rings is 6. The highest BCUT2D eigenvalue weighted by Gasteiger charge is 2.43. The van der Waals surface area contributed by atoms with E-state index in [1.54, 1.807) is 0 Å². The van der Waals surface area contributed by atoms with Crippen molar-refractivity contribution in [1.82, 2.24) is 0 Å². The van der Waals surface area contributed by atoms with Crippen LogP contribution < -0.4 is 30.9 Å². The second-order valence-electron chi connectivity index (χ2n) is 16.0. The van der Waals surface area contributed by atoms with Gasteiger partial charge in [-0.15, -0.1) is 0 Å². The first kappa shape index (κ1) is 30.8. The molecule has 0 amide bonds. The molecule has 0 bridgehead atoms. The van der Waals surface area contributed by atoms with Crippen LogP contribution >= 0.6 is 0 Å². The minimum absolute atomic E-state index is 0.0864. The summed E-state index contributed by atoms with van der Waals surface area (Å²) >= 11 is 0. The Labute approximate surface area is 297 Å². The lowest BCUT2D eigenvalue weighted by Crippen LogP contribution is -2.59. The Morgan fingerprint density at radius 2 is 1.36 bits per heavy atom. The topological polar surface area (TPSA) is 15.7 Å². The number of anilines is 5. The third-order valence-corrected chi connectivity index (χ3v) is 11.1. The van der Waals surface area contributed by atoms with Crippen molar-refractivity contribution in [3.63, 3.8) is 0 Å². The number of nitrogens with zero attached hydrogens (tertiary/aromatic N) is 2. The second-order valence-corrected chi connectivity index (χ2v) is 16.0. The first-order chi connectivity index (χ1) is 24.1. The van der Waals surface area contributed by atoms with Gasteiger partial charge in [0.1, 0.15) is 11.5 Å². The van der Waals surface area contributed by atoms with Gasteiger partial charge < -0.3 is 14.5 Å². The van der Waals surface area contributed by atoms with E-state index in [1.165, 1.54) is 67.1 Å². The zero-order valence-electron chi connectivity index (χ0n) is 29.9. The molecule has 9 rings (SSSR count). The zero-order valence-corrected chi connectivity index (χ0v) is 29.9. The number of hydrogen-bond donors (Lipinski definition) is 0. The molecule has 0 N–H and O–H groups in total. The minimum Gasteiger partial charge on any atom is -0.458 e. The van der Waals surface area contributed by atoms with E-state index >= 15 is 0 Å². The average Bonchev–Trinajstić information content (AvgIpc) is 3.10. The van der Waals surface area contributed by atoms with Gasteiger partial charge in [-0.2, -0.15) is 0 Å². The molecule has 1 atom stereocenters. The van der Waals surface area contributed by atoms with Crippen molar-refractivity contribution in [1.29, 1.82) is 0 Å². The van der Waals surface area contributed by atoms with Crippen molar-refractivity contribution in [3.05, 3.63) is 156 Å². The summed E-state index contributed by atoms with van der Waals surface area (Å²) in [7, 11) is 0. The molecule has 50 heavy (non-hydrogen) atoms. The van der Waals surface area contributed by atoms with Crippen molar-refractivity contribution in [2.75, 3.05) is 9.80 Å². The molecule has 0 saturated carbocycles. The molecule has 1 unspecified atom stereocenters. The van der Waals surface area contributed by atoms with Gasteiger partial charge >= 0.3 is 0 Å². The highest BCUT2D eigenvalue weighted by molar-refractivity contribution is 6.99. The normalized spacial score (nSPS) is 16.9. The summed E-state index contributed by atoms with van der Waals surface area (Å²) in [6.45, 7) is 13.8. The van der Waals surface area contributed by atoms with Gasteiger partial charge in [-0.1, -0.05) is 99.6 Å². The van der Waals surface area contributed by atoms with Gasteiger partial charge in [0.15, 0.2) is 0 Å². The molecule has 4 heteroatoms. The molecule has 0 radical (unpaired) electrons. The number of para-hydroxylation sites is 3. The number of ether oxygens (including phenoxy) is 1. The van der Waals surface area contributed by atoms with Crippen LogP contribution in [0.4, 0.5) is 28.4 Å². The summed E-state index contributed by atoms with van der Waals surface area (Å²) in [6, 6.07) is 49.5. The lowest BCUT2D eigenvalue weighted by Gasteiger charge is -2.48. The minimum atomic E-state index is -0.0907. The first-order valence-electron chi connectivity index (χ1n) is 18.0. The van der Waals surface area contributed by atoms with Crippen LogP contribution in [0.2, 0.25) is 0 Å². The van der Waals surface area contributed by atoms with E-state index in [4.69, 9.17) is 4.74 Å². The van der Waals surface area contributed by atoms with Gasteiger partial charge in [-0.25, -0.2) is 0 Å². The molecule has 6 aromatic carbocycles. The molecule has 6 aromatic rings. The van der Waals surface area contributed by atoms with Crippen molar-refractivity contribution in [2.24, 2.45) is 0 Å². The molecule has 0 fully saturated rings. The van der Waals surface area contributed by atoms with Crippen molar-refractivity contribution < 1.29 is 4.74 Å². The van der Waals surface area contributed by atoms with E-state index in [0.29, 0.717) is 0 Å². The third kappa shape index (κ3) is 4.80. The third-order valence-electron chi connectivity index (χ3n) is 11.1. The Balaban J connectivity index is 1.16. The van der Waals surface area contributed by atoms with Gasteiger partial charge in [-0.3, -0.25) is 0 Å². The lowest BCUT2D eigenvalue weighted by atomic mass is 9.34. The molecular formula is C46H43BN2O. The Bertz CT molecular complexity index is 2270. The van der Waals surface area contributed by atoms with E-state index in [2.05, 4.69) is 185 Å². The van der Waals surface area contributed by atoms with Crippen molar-refractivity contribution in [2.45, 2.75) is 64.8 Å². The average molecular weight is 651 g/mol.